The van der Waals surface area contributed by atoms with Gasteiger partial charge in [0.15, 0.2) is 0 Å². The Balaban J connectivity index is 2.03. The topological polar surface area (TPSA) is 87.7 Å². The zero-order valence-corrected chi connectivity index (χ0v) is 10.6. The molecule has 6 heteroatoms. The number of unbranched alkanes of at least 4 members (excludes halogenated alkanes) is 2. The van der Waals surface area contributed by atoms with Crippen molar-refractivity contribution in [1.29, 1.82) is 0 Å². The minimum absolute atomic E-state index is 0.0475. The van der Waals surface area contributed by atoms with Crippen molar-refractivity contribution in [3.05, 3.63) is 0 Å². The molecule has 0 aromatic carbocycles. The van der Waals surface area contributed by atoms with Crippen LogP contribution in [0.25, 0.3) is 0 Å². The molecule has 0 saturated carbocycles. The molecule has 1 fully saturated rings. The number of ether oxygens (including phenoxy) is 1. The summed E-state index contributed by atoms with van der Waals surface area (Å²) < 4.78 is 5.34. The van der Waals surface area contributed by atoms with Crippen LogP contribution in [0.1, 0.15) is 32.1 Å². The van der Waals surface area contributed by atoms with Gasteiger partial charge in [0.1, 0.15) is 0 Å². The van der Waals surface area contributed by atoms with Crippen molar-refractivity contribution in [3.63, 3.8) is 0 Å². The number of aliphatic hydroxyl groups excluding tert-OH is 1. The molecule has 18 heavy (non-hydrogen) atoms. The zero-order chi connectivity index (χ0) is 13.2. The summed E-state index contributed by atoms with van der Waals surface area (Å²) in [5.74, 6) is -1.20. The van der Waals surface area contributed by atoms with Crippen molar-refractivity contribution in [1.82, 2.24) is 10.6 Å². The number of aliphatic hydroxyl groups is 1. The predicted molar refractivity (Wildman–Crippen MR) is 65.9 cm³/mol. The standard InChI is InChI=1S/C12H22N2O4/c15-7-3-1-2-6-13-11(16)12(17)14-9-10-5-4-8-18-10/h10,15H,1-9H2,(H,13,16)(H,14,17)/t10-/m0/s1. The van der Waals surface area contributed by atoms with E-state index in [2.05, 4.69) is 10.6 Å². The Kier molecular flexibility index (Phi) is 7.36. The molecule has 1 rings (SSSR count). The van der Waals surface area contributed by atoms with Gasteiger partial charge in [-0.3, -0.25) is 9.59 Å². The first-order valence-corrected chi connectivity index (χ1v) is 6.52. The average molecular weight is 258 g/mol. The van der Waals surface area contributed by atoms with Gasteiger partial charge in [-0.2, -0.15) is 0 Å². The van der Waals surface area contributed by atoms with Gasteiger partial charge in [0.05, 0.1) is 6.10 Å². The second-order valence-electron chi connectivity index (χ2n) is 4.39. The lowest BCUT2D eigenvalue weighted by Crippen LogP contribution is -2.42. The number of rotatable bonds is 7. The maximum atomic E-state index is 11.4. The smallest absolute Gasteiger partial charge is 0.309 e. The highest BCUT2D eigenvalue weighted by atomic mass is 16.5. The molecule has 1 aliphatic heterocycles. The fourth-order valence-corrected chi connectivity index (χ4v) is 1.79. The Hall–Kier alpha value is -1.14. The van der Waals surface area contributed by atoms with E-state index in [0.29, 0.717) is 13.1 Å². The van der Waals surface area contributed by atoms with E-state index in [4.69, 9.17) is 9.84 Å². The summed E-state index contributed by atoms with van der Waals surface area (Å²) in [6.07, 6.45) is 4.33. The highest BCUT2D eigenvalue weighted by Crippen LogP contribution is 2.10. The van der Waals surface area contributed by atoms with Crippen LogP contribution >= 0.6 is 0 Å². The van der Waals surface area contributed by atoms with Gasteiger partial charge >= 0.3 is 11.8 Å². The molecule has 1 aliphatic rings. The summed E-state index contributed by atoms with van der Waals surface area (Å²) in [4.78, 5) is 22.8. The Morgan fingerprint density at radius 1 is 1.17 bits per heavy atom. The van der Waals surface area contributed by atoms with Crippen LogP contribution in [0, 0.1) is 0 Å². The third-order valence-corrected chi connectivity index (χ3v) is 2.84. The average Bonchev–Trinajstić information content (AvgIpc) is 2.88. The fraction of sp³-hybridized carbons (Fsp3) is 0.833. The lowest BCUT2D eigenvalue weighted by molar-refractivity contribution is -0.139. The van der Waals surface area contributed by atoms with E-state index in [1.165, 1.54) is 0 Å². The summed E-state index contributed by atoms with van der Waals surface area (Å²) >= 11 is 0. The fourth-order valence-electron chi connectivity index (χ4n) is 1.79. The summed E-state index contributed by atoms with van der Waals surface area (Å²) in [6.45, 7) is 1.76. The maximum absolute atomic E-state index is 11.4. The molecule has 0 bridgehead atoms. The SMILES string of the molecule is O=C(NCCCCCO)C(=O)NC[C@@H]1CCCO1. The Morgan fingerprint density at radius 3 is 2.61 bits per heavy atom. The van der Waals surface area contributed by atoms with E-state index >= 15 is 0 Å². The minimum atomic E-state index is -0.604. The molecule has 6 nitrogen and oxygen atoms in total. The molecule has 0 unspecified atom stereocenters. The monoisotopic (exact) mass is 258 g/mol. The maximum Gasteiger partial charge on any atom is 0.309 e. The third-order valence-electron chi connectivity index (χ3n) is 2.84. The van der Waals surface area contributed by atoms with Crippen LogP contribution in [-0.4, -0.2) is 49.3 Å². The molecule has 1 heterocycles. The molecule has 1 atom stereocenters. The number of carbonyl (C=O) groups excluding carboxylic acids is 2. The van der Waals surface area contributed by atoms with Gasteiger partial charge in [-0.05, 0) is 32.1 Å². The molecular formula is C12H22N2O4. The van der Waals surface area contributed by atoms with Gasteiger partial charge in [0.25, 0.3) is 0 Å². The first-order valence-electron chi connectivity index (χ1n) is 6.52. The van der Waals surface area contributed by atoms with Crippen LogP contribution in [0.2, 0.25) is 0 Å². The normalized spacial score (nSPS) is 18.6. The number of hydrogen-bond acceptors (Lipinski definition) is 4. The van der Waals surface area contributed by atoms with E-state index in [0.717, 1.165) is 38.7 Å². The Morgan fingerprint density at radius 2 is 1.94 bits per heavy atom. The minimum Gasteiger partial charge on any atom is -0.396 e. The van der Waals surface area contributed by atoms with E-state index in [1.807, 2.05) is 0 Å². The van der Waals surface area contributed by atoms with Crippen molar-refractivity contribution < 1.29 is 19.4 Å². The van der Waals surface area contributed by atoms with E-state index in [9.17, 15) is 9.59 Å². The van der Waals surface area contributed by atoms with Gasteiger partial charge in [0.2, 0.25) is 0 Å². The summed E-state index contributed by atoms with van der Waals surface area (Å²) in [5.41, 5.74) is 0. The van der Waals surface area contributed by atoms with Crippen molar-refractivity contribution in [2.75, 3.05) is 26.3 Å². The first kappa shape index (κ1) is 14.9. The molecule has 0 aliphatic carbocycles. The molecule has 2 amide bonds. The van der Waals surface area contributed by atoms with Crippen LogP contribution in [-0.2, 0) is 14.3 Å². The van der Waals surface area contributed by atoms with E-state index in [1.54, 1.807) is 0 Å². The van der Waals surface area contributed by atoms with Crippen molar-refractivity contribution in [2.45, 2.75) is 38.2 Å². The van der Waals surface area contributed by atoms with Gasteiger partial charge in [0, 0.05) is 26.3 Å². The van der Waals surface area contributed by atoms with Crippen molar-refractivity contribution in [3.8, 4) is 0 Å². The van der Waals surface area contributed by atoms with E-state index < -0.39 is 11.8 Å². The molecule has 0 aromatic rings. The van der Waals surface area contributed by atoms with E-state index in [-0.39, 0.29) is 12.7 Å². The molecule has 0 radical (unpaired) electrons. The highest BCUT2D eigenvalue weighted by molar-refractivity contribution is 6.35. The summed E-state index contributed by atoms with van der Waals surface area (Å²) in [6, 6.07) is 0. The number of amides is 2. The third kappa shape index (κ3) is 5.97. The van der Waals surface area contributed by atoms with Gasteiger partial charge in [-0.1, -0.05) is 0 Å². The second kappa shape index (κ2) is 8.88. The lowest BCUT2D eigenvalue weighted by Gasteiger charge is -2.10. The van der Waals surface area contributed by atoms with Crippen LogP contribution < -0.4 is 10.6 Å². The van der Waals surface area contributed by atoms with Crippen LogP contribution in [0.4, 0.5) is 0 Å². The van der Waals surface area contributed by atoms with Crippen LogP contribution in [0.15, 0.2) is 0 Å². The number of hydrogen-bond donors (Lipinski definition) is 3. The van der Waals surface area contributed by atoms with Crippen LogP contribution in [0.3, 0.4) is 0 Å². The van der Waals surface area contributed by atoms with Gasteiger partial charge in [-0.25, -0.2) is 0 Å². The summed E-state index contributed by atoms with van der Waals surface area (Å²) in [7, 11) is 0. The van der Waals surface area contributed by atoms with Gasteiger partial charge < -0.3 is 20.5 Å². The molecule has 1 saturated heterocycles. The van der Waals surface area contributed by atoms with Crippen LogP contribution in [0.5, 0.6) is 0 Å². The molecule has 0 spiro atoms. The van der Waals surface area contributed by atoms with Gasteiger partial charge in [-0.15, -0.1) is 0 Å². The zero-order valence-electron chi connectivity index (χ0n) is 10.6. The second-order valence-corrected chi connectivity index (χ2v) is 4.39. The lowest BCUT2D eigenvalue weighted by atomic mass is 10.2. The quantitative estimate of drug-likeness (QED) is 0.427. The predicted octanol–water partition coefficient (Wildman–Crippen LogP) is -0.440. The Bertz CT molecular complexity index is 265. The highest BCUT2D eigenvalue weighted by Gasteiger charge is 2.18. The van der Waals surface area contributed by atoms with Crippen molar-refractivity contribution >= 4 is 11.8 Å². The van der Waals surface area contributed by atoms with Crippen molar-refractivity contribution in [2.24, 2.45) is 0 Å². The first-order chi connectivity index (χ1) is 8.74. The molecule has 0 aromatic heterocycles. The molecular weight excluding hydrogens is 236 g/mol. The largest absolute Gasteiger partial charge is 0.396 e. The summed E-state index contributed by atoms with van der Waals surface area (Å²) in [5, 5.41) is 13.7. The number of carbonyl (C=O) groups is 2. The number of nitrogens with one attached hydrogen (secondary N) is 2. The Labute approximate surface area is 107 Å². The molecule has 3 N–H and O–H groups in total. The molecule has 104 valence electrons.